The minimum atomic E-state index is -0.126. The highest BCUT2D eigenvalue weighted by atomic mass is 16.2. The molecule has 32 heavy (non-hydrogen) atoms. The van der Waals surface area contributed by atoms with Crippen molar-refractivity contribution in [1.29, 1.82) is 0 Å². The third-order valence-electron chi connectivity index (χ3n) is 6.89. The summed E-state index contributed by atoms with van der Waals surface area (Å²) in [5.74, 6) is 0.986. The van der Waals surface area contributed by atoms with Crippen LogP contribution in [0.4, 0.5) is 0 Å². The lowest BCUT2D eigenvalue weighted by Gasteiger charge is -2.18. The van der Waals surface area contributed by atoms with Crippen molar-refractivity contribution in [2.75, 3.05) is 26.2 Å². The second-order valence-corrected chi connectivity index (χ2v) is 8.80. The fourth-order valence-corrected chi connectivity index (χ4v) is 5.43. The zero-order valence-corrected chi connectivity index (χ0v) is 18.4. The largest absolute Gasteiger partial charge is 0.357 e. The Labute approximate surface area is 187 Å². The van der Waals surface area contributed by atoms with Gasteiger partial charge in [0.25, 0.3) is 0 Å². The van der Waals surface area contributed by atoms with Crippen LogP contribution < -0.4 is 10.6 Å². The molecule has 0 spiro atoms. The SMILES string of the molecule is CCNC(=NCCCn1cnc2ccccc21)NCCN1C(=O)C2C3C=CC(C3)C2C1=O. The Kier molecular flexibility index (Phi) is 5.68. The number of hydrogen-bond donors (Lipinski definition) is 2. The number of nitrogens with zero attached hydrogens (tertiary/aromatic N) is 4. The summed E-state index contributed by atoms with van der Waals surface area (Å²) in [6, 6.07) is 8.11. The lowest BCUT2D eigenvalue weighted by Crippen LogP contribution is -2.43. The summed E-state index contributed by atoms with van der Waals surface area (Å²) in [6.07, 6.45) is 7.98. The molecule has 1 aromatic heterocycles. The minimum absolute atomic E-state index is 0.00754. The molecule has 4 atom stereocenters. The number of rotatable bonds is 8. The molecule has 168 valence electrons. The number of carbonyl (C=O) groups excluding carboxylic acids is 2. The van der Waals surface area contributed by atoms with Gasteiger partial charge in [-0.05, 0) is 43.7 Å². The first-order valence-corrected chi connectivity index (χ1v) is 11.6. The lowest BCUT2D eigenvalue weighted by atomic mass is 9.85. The molecule has 0 radical (unpaired) electrons. The van der Waals surface area contributed by atoms with Crippen molar-refractivity contribution in [3.05, 3.63) is 42.7 Å². The number of amides is 2. The Morgan fingerprint density at radius 1 is 1.09 bits per heavy atom. The van der Waals surface area contributed by atoms with Gasteiger partial charge in [-0.15, -0.1) is 0 Å². The summed E-state index contributed by atoms with van der Waals surface area (Å²) in [6.45, 7) is 5.17. The van der Waals surface area contributed by atoms with E-state index in [1.807, 2.05) is 31.5 Å². The monoisotopic (exact) mass is 434 g/mol. The predicted molar refractivity (Wildman–Crippen MR) is 123 cm³/mol. The zero-order chi connectivity index (χ0) is 22.1. The molecule has 8 heteroatoms. The molecule has 1 aromatic carbocycles. The van der Waals surface area contributed by atoms with Crippen LogP contribution in [-0.4, -0.2) is 58.4 Å². The van der Waals surface area contributed by atoms with E-state index in [-0.39, 0.29) is 35.5 Å². The first-order valence-electron chi connectivity index (χ1n) is 11.6. The fraction of sp³-hybridized carbons (Fsp3) is 0.500. The van der Waals surface area contributed by atoms with Crippen LogP contribution in [0.15, 0.2) is 47.7 Å². The van der Waals surface area contributed by atoms with Crippen LogP contribution in [0.3, 0.4) is 0 Å². The molecule has 2 aliphatic carbocycles. The number of benzene rings is 1. The van der Waals surface area contributed by atoms with Crippen molar-refractivity contribution in [2.45, 2.75) is 26.3 Å². The van der Waals surface area contributed by atoms with Gasteiger partial charge in [-0.25, -0.2) is 4.98 Å². The summed E-state index contributed by atoms with van der Waals surface area (Å²) < 4.78 is 2.15. The number of aryl methyl sites for hydroxylation is 1. The van der Waals surface area contributed by atoms with Gasteiger partial charge in [-0.2, -0.15) is 0 Å². The van der Waals surface area contributed by atoms with Crippen molar-refractivity contribution < 1.29 is 9.59 Å². The van der Waals surface area contributed by atoms with Crippen molar-refractivity contribution in [2.24, 2.45) is 28.7 Å². The Balaban J connectivity index is 1.11. The first-order chi connectivity index (χ1) is 15.7. The van der Waals surface area contributed by atoms with Gasteiger partial charge in [-0.1, -0.05) is 24.3 Å². The molecule has 1 saturated heterocycles. The number of para-hydroxylation sites is 2. The second-order valence-electron chi connectivity index (χ2n) is 8.80. The molecule has 3 aliphatic rings. The summed E-state index contributed by atoms with van der Waals surface area (Å²) >= 11 is 0. The molecule has 5 rings (SSSR count). The van der Waals surface area contributed by atoms with Gasteiger partial charge in [0.1, 0.15) is 0 Å². The number of aromatic nitrogens is 2. The predicted octanol–water partition coefficient (Wildman–Crippen LogP) is 1.79. The number of likely N-dealkylation sites (tertiary alicyclic amines) is 1. The standard InChI is InChI=1S/C24H30N6O2/c1-2-25-24(26-10-5-12-29-15-28-18-6-3-4-7-19(18)29)27-11-13-30-22(31)20-16-8-9-17(14-16)21(20)23(30)32/h3-4,6-9,15-17,20-21H,2,5,10-14H2,1H3,(H2,25,26,27). The van der Waals surface area contributed by atoms with Crippen molar-refractivity contribution in [3.63, 3.8) is 0 Å². The number of nitrogens with one attached hydrogen (secondary N) is 2. The number of guanidine groups is 1. The Morgan fingerprint density at radius 2 is 1.84 bits per heavy atom. The number of allylic oxidation sites excluding steroid dienone is 2. The highest BCUT2D eigenvalue weighted by Gasteiger charge is 2.58. The molecule has 2 fully saturated rings. The number of aliphatic imine (C=N–C) groups is 1. The maximum absolute atomic E-state index is 12.8. The summed E-state index contributed by atoms with van der Waals surface area (Å²) in [4.78, 5) is 36.1. The number of imidazole rings is 1. The van der Waals surface area contributed by atoms with Crippen molar-refractivity contribution in [1.82, 2.24) is 25.1 Å². The molecular weight excluding hydrogens is 404 g/mol. The van der Waals surface area contributed by atoms with Gasteiger partial charge in [0, 0.05) is 32.7 Å². The molecule has 1 aliphatic heterocycles. The first kappa shape index (κ1) is 20.7. The second kappa shape index (κ2) is 8.76. The lowest BCUT2D eigenvalue weighted by molar-refractivity contribution is -0.140. The van der Waals surface area contributed by atoms with Gasteiger partial charge in [0.05, 0.1) is 29.2 Å². The molecule has 1 saturated carbocycles. The van der Waals surface area contributed by atoms with E-state index in [2.05, 4.69) is 43.4 Å². The minimum Gasteiger partial charge on any atom is -0.357 e. The van der Waals surface area contributed by atoms with E-state index >= 15 is 0 Å². The smallest absolute Gasteiger partial charge is 0.233 e. The van der Waals surface area contributed by atoms with Crippen LogP contribution in [0, 0.1) is 23.7 Å². The third-order valence-corrected chi connectivity index (χ3v) is 6.89. The molecule has 2 aromatic rings. The molecule has 2 heterocycles. The van der Waals surface area contributed by atoms with E-state index < -0.39 is 0 Å². The number of carbonyl (C=O) groups is 2. The maximum Gasteiger partial charge on any atom is 0.233 e. The van der Waals surface area contributed by atoms with Crippen LogP contribution in [0.1, 0.15) is 19.8 Å². The topological polar surface area (TPSA) is 91.6 Å². The molecule has 2 bridgehead atoms. The van der Waals surface area contributed by atoms with E-state index in [4.69, 9.17) is 0 Å². The summed E-state index contributed by atoms with van der Waals surface area (Å²) in [5, 5.41) is 6.51. The third kappa shape index (κ3) is 3.67. The zero-order valence-electron chi connectivity index (χ0n) is 18.4. The summed E-state index contributed by atoms with van der Waals surface area (Å²) in [7, 11) is 0. The average Bonchev–Trinajstić information content (AvgIpc) is 3.56. The normalized spacial score (nSPS) is 26.4. The van der Waals surface area contributed by atoms with Crippen LogP contribution in [0.25, 0.3) is 11.0 Å². The number of imide groups is 1. The average molecular weight is 435 g/mol. The molecular formula is C24H30N6O2. The van der Waals surface area contributed by atoms with Gasteiger partial charge < -0.3 is 15.2 Å². The van der Waals surface area contributed by atoms with Crippen LogP contribution in [0.5, 0.6) is 0 Å². The van der Waals surface area contributed by atoms with E-state index in [9.17, 15) is 9.59 Å². The highest BCUT2D eigenvalue weighted by molar-refractivity contribution is 6.06. The van der Waals surface area contributed by atoms with E-state index in [1.165, 1.54) is 4.90 Å². The van der Waals surface area contributed by atoms with Gasteiger partial charge in [-0.3, -0.25) is 19.5 Å². The van der Waals surface area contributed by atoms with Crippen LogP contribution >= 0.6 is 0 Å². The van der Waals surface area contributed by atoms with Crippen molar-refractivity contribution >= 4 is 28.8 Å². The number of hydrogen-bond acceptors (Lipinski definition) is 4. The van der Waals surface area contributed by atoms with Crippen LogP contribution in [0.2, 0.25) is 0 Å². The Hall–Kier alpha value is -3.16. The van der Waals surface area contributed by atoms with Crippen molar-refractivity contribution in [3.8, 4) is 0 Å². The molecule has 2 amide bonds. The highest BCUT2D eigenvalue weighted by Crippen LogP contribution is 2.52. The molecule has 2 N–H and O–H groups in total. The summed E-state index contributed by atoms with van der Waals surface area (Å²) in [5.41, 5.74) is 2.14. The van der Waals surface area contributed by atoms with Gasteiger partial charge >= 0.3 is 0 Å². The number of fused-ring (bicyclic) bond motifs is 6. The van der Waals surface area contributed by atoms with Gasteiger partial charge in [0.15, 0.2) is 5.96 Å². The Bertz CT molecular complexity index is 1040. The molecule has 8 nitrogen and oxygen atoms in total. The molecule has 4 unspecified atom stereocenters. The van der Waals surface area contributed by atoms with E-state index in [1.54, 1.807) is 0 Å². The Morgan fingerprint density at radius 3 is 2.59 bits per heavy atom. The quantitative estimate of drug-likeness (QED) is 0.217. The fourth-order valence-electron chi connectivity index (χ4n) is 5.43. The van der Waals surface area contributed by atoms with Crippen LogP contribution in [-0.2, 0) is 16.1 Å². The van der Waals surface area contributed by atoms with E-state index in [0.717, 1.165) is 37.0 Å². The van der Waals surface area contributed by atoms with E-state index in [0.29, 0.717) is 25.6 Å². The van der Waals surface area contributed by atoms with Gasteiger partial charge in [0.2, 0.25) is 11.8 Å². The maximum atomic E-state index is 12.8.